The van der Waals surface area contributed by atoms with Gasteiger partial charge in [-0.15, -0.1) is 11.3 Å². The molecule has 8 heteroatoms. The highest BCUT2D eigenvalue weighted by Crippen LogP contribution is 2.34. The second-order valence-electron chi connectivity index (χ2n) is 6.43. The van der Waals surface area contributed by atoms with Gasteiger partial charge in [0.05, 0.1) is 29.0 Å². The Hall–Kier alpha value is -2.19. The number of carbonyl (C=O) groups excluding carboxylic acids is 1. The van der Waals surface area contributed by atoms with Crippen LogP contribution in [0.15, 0.2) is 42.7 Å². The molecule has 28 heavy (non-hydrogen) atoms. The first-order valence-corrected chi connectivity index (χ1v) is 10.3. The van der Waals surface area contributed by atoms with Crippen LogP contribution in [0.1, 0.15) is 9.67 Å². The van der Waals surface area contributed by atoms with E-state index in [2.05, 4.69) is 15.2 Å². The Morgan fingerprint density at radius 2 is 2.04 bits per heavy atom. The van der Waals surface area contributed by atoms with Crippen molar-refractivity contribution in [3.63, 3.8) is 0 Å². The minimum atomic E-state index is -0.0769. The van der Waals surface area contributed by atoms with Gasteiger partial charge >= 0.3 is 0 Å². The van der Waals surface area contributed by atoms with Crippen LogP contribution in [-0.2, 0) is 4.74 Å². The fourth-order valence-corrected chi connectivity index (χ4v) is 4.09. The molecule has 1 saturated heterocycles. The number of pyridine rings is 1. The van der Waals surface area contributed by atoms with E-state index in [4.69, 9.17) is 21.1 Å². The minimum Gasteiger partial charge on any atom is -0.455 e. The van der Waals surface area contributed by atoms with E-state index in [-0.39, 0.29) is 5.91 Å². The lowest BCUT2D eigenvalue weighted by Crippen LogP contribution is -2.41. The van der Waals surface area contributed by atoms with Gasteiger partial charge in [-0.05, 0) is 30.3 Å². The van der Waals surface area contributed by atoms with Gasteiger partial charge in [0.2, 0.25) is 0 Å². The van der Waals surface area contributed by atoms with Crippen molar-refractivity contribution in [1.82, 2.24) is 15.2 Å². The van der Waals surface area contributed by atoms with Crippen LogP contribution in [-0.4, -0.2) is 55.2 Å². The van der Waals surface area contributed by atoms with Crippen LogP contribution in [0.4, 0.5) is 0 Å². The van der Waals surface area contributed by atoms with E-state index in [0.717, 1.165) is 42.9 Å². The molecule has 6 nitrogen and oxygen atoms in total. The standard InChI is InChI=1S/C20H20ClN3O3S/c21-14-1-3-15(4-2-14)27-17-12-22-13-19-16(17)11-18(28-19)20(25)23-5-6-24-7-9-26-10-8-24/h1-4,11-13H,5-10H2,(H,23,25). The molecule has 1 fully saturated rings. The van der Waals surface area contributed by atoms with Gasteiger partial charge in [-0.1, -0.05) is 11.6 Å². The first-order chi connectivity index (χ1) is 13.7. The number of hydrogen-bond donors (Lipinski definition) is 1. The summed E-state index contributed by atoms with van der Waals surface area (Å²) in [7, 11) is 0. The zero-order valence-corrected chi connectivity index (χ0v) is 16.8. The van der Waals surface area contributed by atoms with E-state index in [1.165, 1.54) is 11.3 Å². The quantitative estimate of drug-likeness (QED) is 0.660. The molecule has 1 aliphatic heterocycles. The zero-order valence-electron chi connectivity index (χ0n) is 15.2. The van der Waals surface area contributed by atoms with Gasteiger partial charge in [0.25, 0.3) is 5.91 Å². The van der Waals surface area contributed by atoms with E-state index < -0.39 is 0 Å². The number of fused-ring (bicyclic) bond motifs is 1. The molecular formula is C20H20ClN3O3S. The van der Waals surface area contributed by atoms with Crippen molar-refractivity contribution in [3.8, 4) is 11.5 Å². The maximum Gasteiger partial charge on any atom is 0.261 e. The predicted molar refractivity (Wildman–Crippen MR) is 111 cm³/mol. The van der Waals surface area contributed by atoms with E-state index in [9.17, 15) is 4.79 Å². The van der Waals surface area contributed by atoms with Crippen molar-refractivity contribution >= 4 is 38.9 Å². The van der Waals surface area contributed by atoms with Gasteiger partial charge < -0.3 is 14.8 Å². The number of amides is 1. The first kappa shape index (κ1) is 19.1. The number of thiophene rings is 1. The highest BCUT2D eigenvalue weighted by atomic mass is 35.5. The second-order valence-corrected chi connectivity index (χ2v) is 7.95. The summed E-state index contributed by atoms with van der Waals surface area (Å²) < 4.78 is 12.2. The summed E-state index contributed by atoms with van der Waals surface area (Å²) in [5.74, 6) is 1.21. The van der Waals surface area contributed by atoms with Crippen LogP contribution in [0.2, 0.25) is 5.02 Å². The molecule has 0 radical (unpaired) electrons. The first-order valence-electron chi connectivity index (χ1n) is 9.08. The molecular weight excluding hydrogens is 398 g/mol. The van der Waals surface area contributed by atoms with Gasteiger partial charge in [-0.3, -0.25) is 14.7 Å². The van der Waals surface area contributed by atoms with Gasteiger partial charge in [0.1, 0.15) is 5.75 Å². The Bertz CT molecular complexity index is 955. The molecule has 0 aliphatic carbocycles. The highest BCUT2D eigenvalue weighted by molar-refractivity contribution is 7.20. The Morgan fingerprint density at radius 3 is 2.82 bits per heavy atom. The average molecular weight is 418 g/mol. The molecule has 1 aliphatic rings. The van der Waals surface area contributed by atoms with Crippen molar-refractivity contribution in [3.05, 3.63) is 52.6 Å². The Morgan fingerprint density at radius 1 is 1.25 bits per heavy atom. The second kappa shape index (κ2) is 8.87. The third kappa shape index (κ3) is 4.62. The van der Waals surface area contributed by atoms with E-state index >= 15 is 0 Å². The number of hydrogen-bond acceptors (Lipinski definition) is 6. The summed E-state index contributed by atoms with van der Waals surface area (Å²) in [6.45, 7) is 4.78. The number of nitrogens with one attached hydrogen (secondary N) is 1. The van der Waals surface area contributed by atoms with Crippen LogP contribution in [0.5, 0.6) is 11.5 Å². The molecule has 3 aromatic rings. The highest BCUT2D eigenvalue weighted by Gasteiger charge is 2.15. The molecule has 146 valence electrons. The van der Waals surface area contributed by atoms with Gasteiger partial charge in [-0.2, -0.15) is 0 Å². The van der Waals surface area contributed by atoms with Crippen LogP contribution in [0.3, 0.4) is 0 Å². The molecule has 0 bridgehead atoms. The fourth-order valence-electron chi connectivity index (χ4n) is 3.00. The molecule has 0 unspecified atom stereocenters. The number of halogens is 1. The Labute approximate surface area is 172 Å². The van der Waals surface area contributed by atoms with Crippen LogP contribution < -0.4 is 10.1 Å². The lowest BCUT2D eigenvalue weighted by molar-refractivity contribution is 0.0383. The third-order valence-corrected chi connectivity index (χ3v) is 5.81. The van der Waals surface area contributed by atoms with Crippen molar-refractivity contribution in [2.75, 3.05) is 39.4 Å². The molecule has 1 amide bonds. The lowest BCUT2D eigenvalue weighted by Gasteiger charge is -2.26. The number of carbonyl (C=O) groups is 1. The molecule has 0 spiro atoms. The molecule has 0 atom stereocenters. The largest absolute Gasteiger partial charge is 0.455 e. The normalized spacial score (nSPS) is 14.9. The van der Waals surface area contributed by atoms with E-state index in [1.807, 2.05) is 6.07 Å². The van der Waals surface area contributed by atoms with Crippen LogP contribution in [0, 0.1) is 0 Å². The summed E-state index contributed by atoms with van der Waals surface area (Å²) in [6.07, 6.45) is 3.41. The van der Waals surface area contributed by atoms with Crippen LogP contribution in [0.25, 0.3) is 10.1 Å². The maximum atomic E-state index is 12.5. The smallest absolute Gasteiger partial charge is 0.261 e. The fraction of sp³-hybridized carbons (Fsp3) is 0.300. The van der Waals surface area contributed by atoms with Crippen molar-refractivity contribution < 1.29 is 14.3 Å². The van der Waals surface area contributed by atoms with Crippen molar-refractivity contribution in [1.29, 1.82) is 0 Å². The summed E-state index contributed by atoms with van der Waals surface area (Å²) in [6, 6.07) is 8.99. The van der Waals surface area contributed by atoms with Crippen LogP contribution >= 0.6 is 22.9 Å². The van der Waals surface area contributed by atoms with Crippen molar-refractivity contribution in [2.45, 2.75) is 0 Å². The average Bonchev–Trinajstić information content (AvgIpc) is 3.16. The Kier molecular flexibility index (Phi) is 6.07. The minimum absolute atomic E-state index is 0.0769. The van der Waals surface area contributed by atoms with E-state index in [0.29, 0.717) is 27.9 Å². The van der Waals surface area contributed by atoms with Crippen molar-refractivity contribution in [2.24, 2.45) is 0 Å². The topological polar surface area (TPSA) is 63.7 Å². The number of rotatable bonds is 6. The van der Waals surface area contributed by atoms with Gasteiger partial charge in [0, 0.05) is 42.8 Å². The van der Waals surface area contributed by atoms with E-state index in [1.54, 1.807) is 36.7 Å². The zero-order chi connectivity index (χ0) is 19.3. The molecule has 1 N–H and O–H groups in total. The monoisotopic (exact) mass is 417 g/mol. The van der Waals surface area contributed by atoms with Gasteiger partial charge in [0.15, 0.2) is 5.75 Å². The maximum absolute atomic E-state index is 12.5. The summed E-state index contributed by atoms with van der Waals surface area (Å²) in [5, 5.41) is 4.51. The number of aromatic nitrogens is 1. The number of morpholine rings is 1. The summed E-state index contributed by atoms with van der Waals surface area (Å²) in [4.78, 5) is 19.7. The number of ether oxygens (including phenoxy) is 2. The summed E-state index contributed by atoms with van der Waals surface area (Å²) in [5.41, 5.74) is 0. The molecule has 4 rings (SSSR count). The molecule has 2 aromatic heterocycles. The lowest BCUT2D eigenvalue weighted by atomic mass is 10.2. The molecule has 0 saturated carbocycles. The SMILES string of the molecule is O=C(NCCN1CCOCC1)c1cc2c(Oc3ccc(Cl)cc3)cncc2s1. The summed E-state index contributed by atoms with van der Waals surface area (Å²) >= 11 is 7.33. The molecule has 1 aromatic carbocycles. The number of benzene rings is 1. The third-order valence-electron chi connectivity index (χ3n) is 4.49. The Balaban J connectivity index is 1.43. The van der Waals surface area contributed by atoms with Gasteiger partial charge in [-0.25, -0.2) is 0 Å². The molecule has 3 heterocycles. The predicted octanol–water partition coefficient (Wildman–Crippen LogP) is 3.80. The number of nitrogens with zero attached hydrogens (tertiary/aromatic N) is 2.